The minimum absolute atomic E-state index is 0.0283. The number of likely N-dealkylation sites (N-methyl/N-ethyl adjacent to an activating group) is 1. The molecule has 1 fully saturated rings. The van der Waals surface area contributed by atoms with Gasteiger partial charge in [0, 0.05) is 19.6 Å². The van der Waals surface area contributed by atoms with Gasteiger partial charge >= 0.3 is 0 Å². The number of nitrogens with zero attached hydrogens (tertiary/aromatic N) is 1. The van der Waals surface area contributed by atoms with Gasteiger partial charge in [0.25, 0.3) is 0 Å². The van der Waals surface area contributed by atoms with Crippen LogP contribution in [0.15, 0.2) is 0 Å². The van der Waals surface area contributed by atoms with Crippen LogP contribution in [-0.4, -0.2) is 49.4 Å². The van der Waals surface area contributed by atoms with Gasteiger partial charge in [0.15, 0.2) is 0 Å². The Bertz CT molecular complexity index is 273. The summed E-state index contributed by atoms with van der Waals surface area (Å²) in [4.78, 5) is 25.1. The summed E-state index contributed by atoms with van der Waals surface area (Å²) < 4.78 is 0. The van der Waals surface area contributed by atoms with Crippen molar-refractivity contribution < 1.29 is 9.59 Å². The maximum absolute atomic E-state index is 12.0. The van der Waals surface area contributed by atoms with E-state index in [0.29, 0.717) is 0 Å². The highest BCUT2D eigenvalue weighted by atomic mass is 16.2. The van der Waals surface area contributed by atoms with Crippen LogP contribution in [0.4, 0.5) is 0 Å². The fraction of sp³-hybridized carbons (Fsp3) is 0.833. The van der Waals surface area contributed by atoms with Crippen molar-refractivity contribution in [2.24, 2.45) is 5.92 Å². The Hall–Kier alpha value is -1.10. The van der Waals surface area contributed by atoms with Crippen LogP contribution in [0, 0.1) is 5.92 Å². The van der Waals surface area contributed by atoms with E-state index < -0.39 is 0 Å². The second kappa shape index (κ2) is 6.59. The first-order valence-electron chi connectivity index (χ1n) is 6.25. The molecule has 5 nitrogen and oxygen atoms in total. The summed E-state index contributed by atoms with van der Waals surface area (Å²) in [6.07, 6.45) is 1.95. The molecule has 1 saturated heterocycles. The molecule has 0 bridgehead atoms. The third kappa shape index (κ3) is 4.73. The molecule has 0 aromatic carbocycles. The van der Waals surface area contributed by atoms with Gasteiger partial charge in [-0.15, -0.1) is 0 Å². The van der Waals surface area contributed by atoms with Gasteiger partial charge in [-0.1, -0.05) is 0 Å². The lowest BCUT2D eigenvalue weighted by Crippen LogP contribution is -2.46. The van der Waals surface area contributed by atoms with E-state index in [9.17, 15) is 9.59 Å². The largest absolute Gasteiger partial charge is 0.352 e. The molecule has 0 spiro atoms. The lowest BCUT2D eigenvalue weighted by Gasteiger charge is -2.26. The lowest BCUT2D eigenvalue weighted by molar-refractivity contribution is -0.138. The van der Waals surface area contributed by atoms with Gasteiger partial charge in [-0.2, -0.15) is 0 Å². The molecule has 2 N–H and O–H groups in total. The predicted octanol–water partition coefficient (Wildman–Crippen LogP) is -0.0310. The first kappa shape index (κ1) is 14.0. The Morgan fingerprint density at radius 3 is 2.71 bits per heavy atom. The van der Waals surface area contributed by atoms with Crippen molar-refractivity contribution in [3.05, 3.63) is 0 Å². The van der Waals surface area contributed by atoms with Crippen LogP contribution in [0.2, 0.25) is 0 Å². The van der Waals surface area contributed by atoms with Crippen LogP contribution in [-0.2, 0) is 9.59 Å². The normalized spacial score (nSPS) is 20.1. The molecule has 1 rings (SSSR count). The van der Waals surface area contributed by atoms with Crippen molar-refractivity contribution in [1.29, 1.82) is 0 Å². The molecule has 1 atom stereocenters. The molecule has 1 heterocycles. The Balaban J connectivity index is 2.37. The van der Waals surface area contributed by atoms with E-state index in [2.05, 4.69) is 10.6 Å². The van der Waals surface area contributed by atoms with Gasteiger partial charge in [0.2, 0.25) is 11.8 Å². The highest BCUT2D eigenvalue weighted by Crippen LogP contribution is 2.12. The Labute approximate surface area is 103 Å². The minimum Gasteiger partial charge on any atom is -0.352 e. The molecule has 0 saturated carbocycles. The second-order valence-corrected chi connectivity index (χ2v) is 4.96. The number of hydrogen-bond acceptors (Lipinski definition) is 3. The summed E-state index contributed by atoms with van der Waals surface area (Å²) in [5.74, 6) is -0.00340. The van der Waals surface area contributed by atoms with Crippen molar-refractivity contribution in [3.63, 3.8) is 0 Å². The maximum Gasteiger partial charge on any atom is 0.239 e. The minimum atomic E-state index is -0.0976. The van der Waals surface area contributed by atoms with E-state index in [-0.39, 0.29) is 30.3 Å². The fourth-order valence-corrected chi connectivity index (χ4v) is 2.04. The smallest absolute Gasteiger partial charge is 0.239 e. The zero-order chi connectivity index (χ0) is 12.8. The predicted molar refractivity (Wildman–Crippen MR) is 66.5 cm³/mol. The van der Waals surface area contributed by atoms with Gasteiger partial charge < -0.3 is 15.5 Å². The highest BCUT2D eigenvalue weighted by Gasteiger charge is 2.24. The Kier molecular flexibility index (Phi) is 5.41. The average molecular weight is 241 g/mol. The molecule has 0 aliphatic carbocycles. The molecular weight excluding hydrogens is 218 g/mol. The van der Waals surface area contributed by atoms with Gasteiger partial charge in [0.1, 0.15) is 0 Å². The lowest BCUT2D eigenvalue weighted by atomic mass is 9.98. The number of carbonyl (C=O) groups is 2. The van der Waals surface area contributed by atoms with Gasteiger partial charge in [0.05, 0.1) is 12.5 Å². The number of rotatable bonds is 4. The summed E-state index contributed by atoms with van der Waals surface area (Å²) in [6.45, 7) is 5.68. The van der Waals surface area contributed by atoms with Crippen molar-refractivity contribution >= 4 is 11.8 Å². The second-order valence-electron chi connectivity index (χ2n) is 4.96. The quantitative estimate of drug-likeness (QED) is 0.726. The van der Waals surface area contributed by atoms with Gasteiger partial charge in [-0.05, 0) is 33.2 Å². The third-order valence-electron chi connectivity index (χ3n) is 2.85. The molecule has 0 aromatic rings. The molecule has 1 aliphatic rings. The van der Waals surface area contributed by atoms with Crippen LogP contribution in [0.25, 0.3) is 0 Å². The number of nitrogens with one attached hydrogen (secondary N) is 2. The van der Waals surface area contributed by atoms with Crippen molar-refractivity contribution in [1.82, 2.24) is 15.5 Å². The monoisotopic (exact) mass is 241 g/mol. The van der Waals surface area contributed by atoms with Gasteiger partial charge in [-0.25, -0.2) is 0 Å². The average Bonchev–Trinajstić information content (AvgIpc) is 2.28. The summed E-state index contributed by atoms with van der Waals surface area (Å²) >= 11 is 0. The summed E-state index contributed by atoms with van der Waals surface area (Å²) in [6, 6.07) is 0.113. The summed E-state index contributed by atoms with van der Waals surface area (Å²) in [5, 5.41) is 5.99. The van der Waals surface area contributed by atoms with E-state index in [4.69, 9.17) is 0 Å². The molecule has 5 heteroatoms. The van der Waals surface area contributed by atoms with E-state index in [1.165, 1.54) is 4.90 Å². The molecule has 17 heavy (non-hydrogen) atoms. The maximum atomic E-state index is 12.0. The van der Waals surface area contributed by atoms with E-state index in [1.807, 2.05) is 13.8 Å². The van der Waals surface area contributed by atoms with Crippen molar-refractivity contribution in [3.8, 4) is 0 Å². The van der Waals surface area contributed by atoms with Crippen LogP contribution in [0.1, 0.15) is 26.7 Å². The number of carbonyl (C=O) groups excluding carboxylic acids is 2. The third-order valence-corrected chi connectivity index (χ3v) is 2.85. The zero-order valence-electron chi connectivity index (χ0n) is 11.0. The molecule has 2 amide bonds. The van der Waals surface area contributed by atoms with Crippen LogP contribution in [0.3, 0.4) is 0 Å². The molecule has 1 unspecified atom stereocenters. The fourth-order valence-electron chi connectivity index (χ4n) is 2.04. The number of amides is 2. The molecule has 98 valence electrons. The van der Waals surface area contributed by atoms with Crippen LogP contribution >= 0.6 is 0 Å². The zero-order valence-corrected chi connectivity index (χ0v) is 11.0. The topological polar surface area (TPSA) is 61.4 Å². The van der Waals surface area contributed by atoms with E-state index in [0.717, 1.165) is 25.9 Å². The number of piperidine rings is 1. The highest BCUT2D eigenvalue weighted by molar-refractivity contribution is 5.86. The van der Waals surface area contributed by atoms with Gasteiger partial charge in [-0.3, -0.25) is 9.59 Å². The van der Waals surface area contributed by atoms with Crippen LogP contribution in [0.5, 0.6) is 0 Å². The molecule has 0 radical (unpaired) electrons. The molecule has 0 aromatic heterocycles. The standard InChI is InChI=1S/C12H23N3O2/c1-9(2)14-11(16)8-15(3)12(17)10-5-4-6-13-7-10/h9-10,13H,4-8H2,1-3H3,(H,14,16). The van der Waals surface area contributed by atoms with E-state index in [1.54, 1.807) is 7.05 Å². The first-order chi connectivity index (χ1) is 8.00. The summed E-state index contributed by atoms with van der Waals surface area (Å²) in [7, 11) is 1.69. The molecular formula is C12H23N3O2. The Morgan fingerprint density at radius 1 is 1.47 bits per heavy atom. The SMILES string of the molecule is CC(C)NC(=O)CN(C)C(=O)C1CCCNC1. The van der Waals surface area contributed by atoms with Crippen LogP contribution < -0.4 is 10.6 Å². The van der Waals surface area contributed by atoms with E-state index >= 15 is 0 Å². The van der Waals surface area contributed by atoms with Crippen molar-refractivity contribution in [2.75, 3.05) is 26.7 Å². The Morgan fingerprint density at radius 2 is 2.18 bits per heavy atom. The number of hydrogen-bond donors (Lipinski definition) is 2. The molecule has 1 aliphatic heterocycles. The first-order valence-corrected chi connectivity index (χ1v) is 6.25. The summed E-state index contributed by atoms with van der Waals surface area (Å²) in [5.41, 5.74) is 0. The van der Waals surface area contributed by atoms with Crippen molar-refractivity contribution in [2.45, 2.75) is 32.7 Å².